The maximum Gasteiger partial charge on any atom is 0.339 e. The highest BCUT2D eigenvalue weighted by Crippen LogP contribution is 2.61. The van der Waals surface area contributed by atoms with Crippen LogP contribution in [0.4, 0.5) is 0 Å². The van der Waals surface area contributed by atoms with Gasteiger partial charge < -0.3 is 4.74 Å². The van der Waals surface area contributed by atoms with Crippen LogP contribution in [0.5, 0.6) is 0 Å². The first-order valence-electron chi connectivity index (χ1n) is 7.12. The molecule has 3 aliphatic carbocycles. The molecule has 1 heterocycles. The molecule has 0 amide bonds. The van der Waals surface area contributed by atoms with Crippen molar-refractivity contribution in [2.24, 2.45) is 11.3 Å². The van der Waals surface area contributed by atoms with Gasteiger partial charge in [0.1, 0.15) is 0 Å². The smallest absolute Gasteiger partial charge is 0.339 e. The number of aryl methyl sites for hydroxylation is 1. The van der Waals surface area contributed by atoms with Crippen LogP contribution in [0.1, 0.15) is 60.4 Å². The van der Waals surface area contributed by atoms with Crippen molar-refractivity contribution in [2.45, 2.75) is 46.5 Å². The monoisotopic (exact) mass is 259 g/mol. The summed E-state index contributed by atoms with van der Waals surface area (Å²) in [5.41, 5.74) is 4.28. The Morgan fingerprint density at radius 2 is 2.26 bits per heavy atom. The molecule has 2 bridgehead atoms. The Balaban J connectivity index is 2.03. The Labute approximate surface area is 114 Å². The normalized spacial score (nSPS) is 26.3. The van der Waals surface area contributed by atoms with Crippen LogP contribution in [0.15, 0.2) is 6.07 Å². The van der Waals surface area contributed by atoms with E-state index in [-0.39, 0.29) is 5.97 Å². The fraction of sp³-hybridized carbons (Fsp3) is 0.625. The number of aromatic nitrogens is 1. The van der Waals surface area contributed by atoms with Crippen molar-refractivity contribution >= 4 is 5.97 Å². The first-order valence-corrected chi connectivity index (χ1v) is 7.12. The van der Waals surface area contributed by atoms with Gasteiger partial charge in [-0.3, -0.25) is 4.98 Å². The lowest BCUT2D eigenvalue weighted by molar-refractivity contribution is 0.0166. The van der Waals surface area contributed by atoms with E-state index in [1.54, 1.807) is 0 Å². The second-order valence-electron chi connectivity index (χ2n) is 6.39. The predicted molar refractivity (Wildman–Crippen MR) is 73.3 cm³/mol. The average Bonchev–Trinajstić information content (AvgIpc) is 2.36. The molecule has 0 N–H and O–H groups in total. The molecule has 2 unspecified atom stereocenters. The van der Waals surface area contributed by atoms with Crippen molar-refractivity contribution in [3.63, 3.8) is 0 Å². The number of carbonyl (C=O) groups is 1. The Kier molecular flexibility index (Phi) is 2.70. The number of hydrogen-bond acceptors (Lipinski definition) is 3. The van der Waals surface area contributed by atoms with E-state index in [9.17, 15) is 4.79 Å². The molecule has 4 rings (SSSR count). The van der Waals surface area contributed by atoms with Gasteiger partial charge in [-0.2, -0.15) is 0 Å². The van der Waals surface area contributed by atoms with Crippen molar-refractivity contribution in [2.75, 3.05) is 6.61 Å². The first kappa shape index (κ1) is 12.6. The summed E-state index contributed by atoms with van der Waals surface area (Å²) in [4.78, 5) is 16.6. The van der Waals surface area contributed by atoms with Crippen molar-refractivity contribution in [3.8, 4) is 0 Å². The van der Waals surface area contributed by atoms with Crippen LogP contribution in [-0.4, -0.2) is 17.6 Å². The van der Waals surface area contributed by atoms with E-state index in [1.165, 1.54) is 17.7 Å². The minimum Gasteiger partial charge on any atom is -0.462 e. The lowest BCUT2D eigenvalue weighted by Gasteiger charge is -2.56. The molecule has 1 saturated carbocycles. The third kappa shape index (κ3) is 1.71. The van der Waals surface area contributed by atoms with Crippen LogP contribution < -0.4 is 0 Å². The molecule has 0 aliphatic heterocycles. The van der Waals surface area contributed by atoms with E-state index < -0.39 is 0 Å². The van der Waals surface area contributed by atoms with Gasteiger partial charge in [0, 0.05) is 5.69 Å². The van der Waals surface area contributed by atoms with Gasteiger partial charge in [0.25, 0.3) is 0 Å². The van der Waals surface area contributed by atoms with Crippen molar-refractivity contribution < 1.29 is 9.53 Å². The van der Waals surface area contributed by atoms with Gasteiger partial charge in [0.05, 0.1) is 17.9 Å². The fourth-order valence-corrected chi connectivity index (χ4v) is 3.67. The standard InChI is InChI=1S/C16H21NO2/c1-5-19-15(18)11-8-12-13-6-10(16(13,3)4)7-14(12)17-9(11)2/h8,10,13H,5-7H2,1-4H3. The third-order valence-corrected chi connectivity index (χ3v) is 5.11. The van der Waals surface area contributed by atoms with Crippen molar-refractivity contribution in [1.29, 1.82) is 0 Å². The molecule has 0 spiro atoms. The number of carbonyl (C=O) groups excluding carboxylic acids is 1. The molecule has 1 aromatic rings. The summed E-state index contributed by atoms with van der Waals surface area (Å²) in [7, 11) is 0. The van der Waals surface area contributed by atoms with Crippen molar-refractivity contribution in [1.82, 2.24) is 4.98 Å². The zero-order valence-corrected chi connectivity index (χ0v) is 12.1. The van der Waals surface area contributed by atoms with E-state index in [1.807, 2.05) is 19.9 Å². The molecule has 2 atom stereocenters. The van der Waals surface area contributed by atoms with Gasteiger partial charge in [0.2, 0.25) is 0 Å². The van der Waals surface area contributed by atoms with E-state index >= 15 is 0 Å². The molecule has 0 aromatic carbocycles. The minimum absolute atomic E-state index is 0.241. The second-order valence-corrected chi connectivity index (χ2v) is 6.39. The quantitative estimate of drug-likeness (QED) is 0.765. The zero-order chi connectivity index (χ0) is 13.8. The topological polar surface area (TPSA) is 39.2 Å². The Morgan fingerprint density at radius 1 is 1.53 bits per heavy atom. The lowest BCUT2D eigenvalue weighted by Crippen LogP contribution is -2.48. The summed E-state index contributed by atoms with van der Waals surface area (Å²) in [5.74, 6) is 1.07. The Hall–Kier alpha value is -1.38. The molecular formula is C16H21NO2. The van der Waals surface area contributed by atoms with E-state index in [4.69, 9.17) is 4.74 Å². The molecule has 0 saturated heterocycles. The average molecular weight is 259 g/mol. The van der Waals surface area contributed by atoms with Gasteiger partial charge in [-0.25, -0.2) is 4.79 Å². The highest BCUT2D eigenvalue weighted by atomic mass is 16.5. The van der Waals surface area contributed by atoms with Crippen molar-refractivity contribution in [3.05, 3.63) is 28.6 Å². The Bertz CT molecular complexity index is 548. The molecule has 3 nitrogen and oxygen atoms in total. The summed E-state index contributed by atoms with van der Waals surface area (Å²) >= 11 is 0. The summed E-state index contributed by atoms with van der Waals surface area (Å²) in [6, 6.07) is 2.04. The SMILES string of the molecule is CCOC(=O)c1cc2c(nc1C)CC1CC2C1(C)C. The van der Waals surface area contributed by atoms with Gasteiger partial charge >= 0.3 is 5.97 Å². The Morgan fingerprint density at radius 3 is 2.89 bits per heavy atom. The highest BCUT2D eigenvalue weighted by molar-refractivity contribution is 5.90. The van der Waals surface area contributed by atoms with Crippen LogP contribution in [0, 0.1) is 18.3 Å². The molecule has 3 aliphatic rings. The van der Waals surface area contributed by atoms with Gasteiger partial charge in [-0.15, -0.1) is 0 Å². The highest BCUT2D eigenvalue weighted by Gasteiger charge is 2.53. The predicted octanol–water partition coefficient (Wildman–Crippen LogP) is 3.25. The second kappa shape index (κ2) is 4.06. The van der Waals surface area contributed by atoms with E-state index in [0.717, 1.165) is 18.0 Å². The first-order chi connectivity index (χ1) is 8.95. The molecule has 3 heteroatoms. The van der Waals surface area contributed by atoms with Crippen LogP contribution in [0.2, 0.25) is 0 Å². The maximum absolute atomic E-state index is 12.0. The zero-order valence-electron chi connectivity index (χ0n) is 12.1. The molecule has 0 radical (unpaired) electrons. The number of esters is 1. The largest absolute Gasteiger partial charge is 0.462 e. The van der Waals surface area contributed by atoms with Crippen LogP contribution in [-0.2, 0) is 11.2 Å². The summed E-state index contributed by atoms with van der Waals surface area (Å²) in [6.07, 6.45) is 2.30. The minimum atomic E-state index is -0.241. The fourth-order valence-electron chi connectivity index (χ4n) is 3.67. The molecule has 1 fully saturated rings. The number of hydrogen-bond donors (Lipinski definition) is 0. The molecule has 19 heavy (non-hydrogen) atoms. The maximum atomic E-state index is 12.0. The van der Waals surface area contributed by atoms with Crippen LogP contribution in [0.25, 0.3) is 0 Å². The number of nitrogens with zero attached hydrogens (tertiary/aromatic N) is 1. The number of ether oxygens (including phenoxy) is 1. The van der Waals surface area contributed by atoms with Crippen LogP contribution >= 0.6 is 0 Å². The third-order valence-electron chi connectivity index (χ3n) is 5.11. The molecule has 102 valence electrons. The number of pyridine rings is 1. The molecular weight excluding hydrogens is 238 g/mol. The van der Waals surface area contributed by atoms with Gasteiger partial charge in [-0.05, 0) is 55.6 Å². The van der Waals surface area contributed by atoms with Gasteiger partial charge in [-0.1, -0.05) is 13.8 Å². The van der Waals surface area contributed by atoms with E-state index in [0.29, 0.717) is 23.5 Å². The van der Waals surface area contributed by atoms with E-state index in [2.05, 4.69) is 18.8 Å². The summed E-state index contributed by atoms with van der Waals surface area (Å²) in [5, 5.41) is 0. The summed E-state index contributed by atoms with van der Waals surface area (Å²) < 4.78 is 5.12. The van der Waals surface area contributed by atoms with Crippen LogP contribution in [0.3, 0.4) is 0 Å². The molecule has 1 aromatic heterocycles. The lowest BCUT2D eigenvalue weighted by atomic mass is 9.48. The summed E-state index contributed by atoms with van der Waals surface area (Å²) in [6.45, 7) is 8.81. The number of rotatable bonds is 2. The van der Waals surface area contributed by atoms with Gasteiger partial charge in [0.15, 0.2) is 0 Å².